The lowest BCUT2D eigenvalue weighted by Gasteiger charge is -2.18. The molecule has 1 N–H and O–H groups in total. The van der Waals surface area contributed by atoms with Gasteiger partial charge in [-0.15, -0.1) is 11.8 Å². The van der Waals surface area contributed by atoms with Gasteiger partial charge >= 0.3 is 5.97 Å². The first-order chi connectivity index (χ1) is 14.7. The summed E-state index contributed by atoms with van der Waals surface area (Å²) in [5.41, 5.74) is 3.65. The predicted octanol–water partition coefficient (Wildman–Crippen LogP) is 5.63. The number of ether oxygens (including phenoxy) is 1. The highest BCUT2D eigenvalue weighted by Gasteiger charge is 2.15. The van der Waals surface area contributed by atoms with Crippen LogP contribution in [0.15, 0.2) is 91.1 Å². The number of benzene rings is 3. The van der Waals surface area contributed by atoms with E-state index >= 15 is 0 Å². The molecule has 0 saturated carbocycles. The number of rotatable bonds is 9. The average Bonchev–Trinajstić information content (AvgIpc) is 3.20. The van der Waals surface area contributed by atoms with Crippen LogP contribution in [-0.4, -0.2) is 28.0 Å². The van der Waals surface area contributed by atoms with Gasteiger partial charge in [-0.3, -0.25) is 0 Å². The highest BCUT2D eigenvalue weighted by Crippen LogP contribution is 2.36. The van der Waals surface area contributed by atoms with Gasteiger partial charge in [0.05, 0.1) is 10.8 Å². The van der Waals surface area contributed by atoms with Crippen molar-refractivity contribution in [3.63, 3.8) is 0 Å². The highest BCUT2D eigenvalue weighted by atomic mass is 32.2. The van der Waals surface area contributed by atoms with E-state index in [9.17, 15) is 4.79 Å². The Bertz CT molecular complexity index is 1070. The Balaban J connectivity index is 1.49. The zero-order valence-electron chi connectivity index (χ0n) is 16.5. The summed E-state index contributed by atoms with van der Waals surface area (Å²) in [6.07, 6.45) is 2.04. The number of carbonyl (C=O) groups is 1. The number of carboxylic acid groups (broad SMARTS) is 1. The van der Waals surface area contributed by atoms with Crippen LogP contribution in [-0.2, 0) is 11.3 Å². The number of hydrogen-bond donors (Lipinski definition) is 1. The summed E-state index contributed by atoms with van der Waals surface area (Å²) >= 11 is 1.92. The summed E-state index contributed by atoms with van der Waals surface area (Å²) in [7, 11) is 0. The molecule has 0 bridgehead atoms. The van der Waals surface area contributed by atoms with Gasteiger partial charge in [0.1, 0.15) is 5.75 Å². The van der Waals surface area contributed by atoms with Gasteiger partial charge in [0.2, 0.25) is 0 Å². The van der Waals surface area contributed by atoms with E-state index in [1.165, 1.54) is 11.1 Å². The van der Waals surface area contributed by atoms with Crippen molar-refractivity contribution in [2.24, 2.45) is 0 Å². The second-order valence-corrected chi connectivity index (χ2v) is 8.17. The van der Waals surface area contributed by atoms with E-state index in [1.54, 1.807) is 0 Å². The van der Waals surface area contributed by atoms with E-state index < -0.39 is 5.97 Å². The second kappa shape index (κ2) is 9.55. The fourth-order valence-corrected chi connectivity index (χ4v) is 4.80. The van der Waals surface area contributed by atoms with Crippen LogP contribution in [0.2, 0.25) is 0 Å². The molecule has 1 heterocycles. The van der Waals surface area contributed by atoms with E-state index in [2.05, 4.69) is 53.1 Å². The molecule has 4 nitrogen and oxygen atoms in total. The number of aryl methyl sites for hydroxylation is 1. The van der Waals surface area contributed by atoms with Gasteiger partial charge in [0, 0.05) is 23.9 Å². The first-order valence-corrected chi connectivity index (χ1v) is 10.9. The van der Waals surface area contributed by atoms with Crippen LogP contribution in [0, 0.1) is 0 Å². The van der Waals surface area contributed by atoms with Crippen molar-refractivity contribution in [3.05, 3.63) is 102 Å². The van der Waals surface area contributed by atoms with Crippen LogP contribution in [0.5, 0.6) is 5.75 Å². The van der Waals surface area contributed by atoms with E-state index in [1.807, 2.05) is 54.4 Å². The molecule has 30 heavy (non-hydrogen) atoms. The van der Waals surface area contributed by atoms with Gasteiger partial charge in [-0.25, -0.2) is 4.79 Å². The molecule has 0 spiro atoms. The molecule has 0 aliphatic rings. The average molecular weight is 418 g/mol. The van der Waals surface area contributed by atoms with E-state index in [4.69, 9.17) is 9.84 Å². The fraction of sp³-hybridized carbons (Fsp3) is 0.160. The Hall–Kier alpha value is -3.18. The number of aliphatic carboxylic acids is 1. The van der Waals surface area contributed by atoms with Crippen molar-refractivity contribution in [2.45, 2.75) is 11.8 Å². The Morgan fingerprint density at radius 2 is 1.57 bits per heavy atom. The van der Waals surface area contributed by atoms with Crippen molar-refractivity contribution in [3.8, 4) is 5.75 Å². The molecular weight excluding hydrogens is 394 g/mol. The second-order valence-electron chi connectivity index (χ2n) is 6.95. The highest BCUT2D eigenvalue weighted by molar-refractivity contribution is 7.99. The van der Waals surface area contributed by atoms with Crippen LogP contribution in [0.3, 0.4) is 0 Å². The quantitative estimate of drug-likeness (QED) is 0.384. The number of nitrogens with zero attached hydrogens (tertiary/aromatic N) is 1. The van der Waals surface area contributed by atoms with Gasteiger partial charge in [0.25, 0.3) is 0 Å². The molecule has 0 aliphatic heterocycles. The lowest BCUT2D eigenvalue weighted by atomic mass is 10.0. The molecular formula is C25H23NO3S. The third kappa shape index (κ3) is 4.69. The minimum atomic E-state index is -0.976. The summed E-state index contributed by atoms with van der Waals surface area (Å²) in [6.45, 7) is 0.517. The van der Waals surface area contributed by atoms with Crippen molar-refractivity contribution < 1.29 is 14.6 Å². The smallest absolute Gasteiger partial charge is 0.341 e. The molecule has 5 heteroatoms. The largest absolute Gasteiger partial charge is 0.481 e. The maximum absolute atomic E-state index is 10.8. The minimum Gasteiger partial charge on any atom is -0.481 e. The van der Waals surface area contributed by atoms with Gasteiger partial charge in [-0.05, 0) is 29.3 Å². The zero-order chi connectivity index (χ0) is 20.8. The lowest BCUT2D eigenvalue weighted by molar-refractivity contribution is -0.139. The SMILES string of the molecule is O=C(O)COc1cccc2c1ccn2CCSC(c1ccccc1)c1ccccc1. The molecule has 3 aromatic carbocycles. The molecule has 0 atom stereocenters. The maximum atomic E-state index is 10.8. The van der Waals surface area contributed by atoms with E-state index in [-0.39, 0.29) is 11.9 Å². The first-order valence-electron chi connectivity index (χ1n) is 9.86. The van der Waals surface area contributed by atoms with E-state index in [0.29, 0.717) is 5.75 Å². The molecule has 4 aromatic rings. The molecule has 0 fully saturated rings. The van der Waals surface area contributed by atoms with Crippen molar-refractivity contribution in [2.75, 3.05) is 12.4 Å². The standard InChI is InChI=1S/C25H23NO3S/c27-24(28)18-29-23-13-7-12-22-21(23)14-15-26(22)16-17-30-25(19-8-3-1-4-9-19)20-10-5-2-6-11-20/h1-15,25H,16-18H2,(H,27,28). The molecule has 4 rings (SSSR count). The number of thioether (sulfide) groups is 1. The Morgan fingerprint density at radius 3 is 2.20 bits per heavy atom. The van der Waals surface area contributed by atoms with Crippen LogP contribution in [0.25, 0.3) is 10.9 Å². The molecule has 1 aromatic heterocycles. The number of carboxylic acids is 1. The van der Waals surface area contributed by atoms with Crippen molar-refractivity contribution >= 4 is 28.6 Å². The van der Waals surface area contributed by atoms with Crippen molar-refractivity contribution in [1.82, 2.24) is 4.57 Å². The van der Waals surface area contributed by atoms with Crippen LogP contribution < -0.4 is 4.74 Å². The van der Waals surface area contributed by atoms with Crippen LogP contribution in [0.1, 0.15) is 16.4 Å². The summed E-state index contributed by atoms with van der Waals surface area (Å²) in [6, 6.07) is 28.9. The molecule has 0 radical (unpaired) electrons. The topological polar surface area (TPSA) is 51.5 Å². The molecule has 152 valence electrons. The van der Waals surface area contributed by atoms with Gasteiger partial charge in [-0.2, -0.15) is 0 Å². The maximum Gasteiger partial charge on any atom is 0.341 e. The van der Waals surface area contributed by atoms with Crippen LogP contribution >= 0.6 is 11.8 Å². The lowest BCUT2D eigenvalue weighted by Crippen LogP contribution is -2.09. The third-order valence-corrected chi connectivity index (χ3v) is 6.24. The first kappa shape index (κ1) is 20.1. The summed E-state index contributed by atoms with van der Waals surface area (Å²) in [4.78, 5) is 10.8. The summed E-state index contributed by atoms with van der Waals surface area (Å²) < 4.78 is 7.63. The Morgan fingerprint density at radius 1 is 0.900 bits per heavy atom. The van der Waals surface area contributed by atoms with Gasteiger partial charge in [-0.1, -0.05) is 66.7 Å². The predicted molar refractivity (Wildman–Crippen MR) is 122 cm³/mol. The molecule has 0 saturated heterocycles. The van der Waals surface area contributed by atoms with E-state index in [0.717, 1.165) is 23.2 Å². The normalized spacial score (nSPS) is 11.1. The Kier molecular flexibility index (Phi) is 6.40. The van der Waals surface area contributed by atoms with Crippen molar-refractivity contribution in [1.29, 1.82) is 0 Å². The van der Waals surface area contributed by atoms with Crippen LogP contribution in [0.4, 0.5) is 0 Å². The molecule has 0 amide bonds. The fourth-order valence-electron chi connectivity index (χ4n) is 3.57. The number of fused-ring (bicyclic) bond motifs is 1. The monoisotopic (exact) mass is 417 g/mol. The van der Waals surface area contributed by atoms with Gasteiger partial charge < -0.3 is 14.4 Å². The summed E-state index contributed by atoms with van der Waals surface area (Å²) in [5.74, 6) is 0.571. The minimum absolute atomic E-state index is 0.281. The summed E-state index contributed by atoms with van der Waals surface area (Å²) in [5, 5.41) is 10.1. The van der Waals surface area contributed by atoms with Gasteiger partial charge in [0.15, 0.2) is 6.61 Å². The third-order valence-electron chi connectivity index (χ3n) is 4.95. The molecule has 0 unspecified atom stereocenters. The Labute approximate surface area is 180 Å². The number of aromatic nitrogens is 1. The zero-order valence-corrected chi connectivity index (χ0v) is 17.3. The number of hydrogen-bond acceptors (Lipinski definition) is 3. The molecule has 0 aliphatic carbocycles.